The van der Waals surface area contributed by atoms with Crippen LogP contribution in [0.2, 0.25) is 10.0 Å². The molecule has 38 heavy (non-hydrogen) atoms. The van der Waals surface area contributed by atoms with Gasteiger partial charge < -0.3 is 20.1 Å². The summed E-state index contributed by atoms with van der Waals surface area (Å²) in [7, 11) is 0. The summed E-state index contributed by atoms with van der Waals surface area (Å²) >= 11 is 12.1. The Morgan fingerprint density at radius 2 is 1.39 bits per heavy atom. The Kier molecular flexibility index (Phi) is 9.64. The van der Waals surface area contributed by atoms with E-state index < -0.39 is 12.2 Å². The summed E-state index contributed by atoms with van der Waals surface area (Å²) in [4.78, 5) is 25.9. The van der Waals surface area contributed by atoms with Crippen LogP contribution in [0.4, 0.5) is 0 Å². The lowest BCUT2D eigenvalue weighted by atomic mass is 9.62. The zero-order valence-corrected chi connectivity index (χ0v) is 24.9. The Hall–Kier alpha value is -2.44. The smallest absolute Gasteiger partial charge is 0.260 e. The number of ether oxygens (including phenoxy) is 2. The Labute approximate surface area is 236 Å². The average Bonchev–Trinajstić information content (AvgIpc) is 2.79. The SMILES string of the molecule is Cc1cc(Cl)ccc1OC(C)C(=O)NCC1(C)CC(NC(=O)C(C)Oc2ccc(Cl)cc2C)CC(C)(C)C1. The monoisotopic (exact) mass is 562 g/mol. The van der Waals surface area contributed by atoms with E-state index in [4.69, 9.17) is 32.7 Å². The lowest BCUT2D eigenvalue weighted by Gasteiger charge is -2.47. The largest absolute Gasteiger partial charge is 0.481 e. The number of carbonyl (C=O) groups is 2. The molecule has 2 aromatic rings. The molecule has 0 aromatic heterocycles. The van der Waals surface area contributed by atoms with E-state index in [0.717, 1.165) is 30.4 Å². The lowest BCUT2D eigenvalue weighted by Crippen LogP contribution is -2.53. The van der Waals surface area contributed by atoms with E-state index >= 15 is 0 Å². The van der Waals surface area contributed by atoms with Gasteiger partial charge in [-0.25, -0.2) is 0 Å². The van der Waals surface area contributed by atoms with Crippen LogP contribution in [0.25, 0.3) is 0 Å². The second kappa shape index (κ2) is 12.2. The van der Waals surface area contributed by atoms with Crippen LogP contribution in [0.5, 0.6) is 11.5 Å². The number of hydrogen-bond donors (Lipinski definition) is 2. The lowest BCUT2D eigenvalue weighted by molar-refractivity contribution is -0.130. The molecule has 1 saturated carbocycles. The minimum absolute atomic E-state index is 0.00489. The van der Waals surface area contributed by atoms with Crippen LogP contribution in [-0.4, -0.2) is 36.6 Å². The highest BCUT2D eigenvalue weighted by molar-refractivity contribution is 6.31. The second-order valence-electron chi connectivity index (χ2n) is 11.8. The fourth-order valence-corrected chi connectivity index (χ4v) is 6.06. The molecule has 0 aliphatic heterocycles. The third-order valence-electron chi connectivity index (χ3n) is 7.10. The molecule has 2 N–H and O–H groups in total. The standard InChI is InChI=1S/C30H40Cl2N2O4/c1-18-12-22(31)8-10-25(18)37-20(3)27(35)33-17-30(7)15-24(14-29(5,6)16-30)34-28(36)21(4)38-26-11-9-23(32)13-19(26)2/h8-13,20-21,24H,14-17H2,1-7H3,(H,33,35)(H,34,36). The van der Waals surface area contributed by atoms with E-state index in [-0.39, 0.29) is 28.7 Å². The number of hydrogen-bond acceptors (Lipinski definition) is 4. The minimum atomic E-state index is -0.653. The van der Waals surface area contributed by atoms with Crippen LogP contribution < -0.4 is 20.1 Å². The van der Waals surface area contributed by atoms with E-state index in [0.29, 0.717) is 28.1 Å². The summed E-state index contributed by atoms with van der Waals surface area (Å²) < 4.78 is 11.8. The molecule has 4 unspecified atom stereocenters. The van der Waals surface area contributed by atoms with Crippen molar-refractivity contribution in [3.8, 4) is 11.5 Å². The maximum atomic E-state index is 13.0. The van der Waals surface area contributed by atoms with Crippen LogP contribution in [0, 0.1) is 24.7 Å². The average molecular weight is 564 g/mol. The van der Waals surface area contributed by atoms with Crippen molar-refractivity contribution in [2.75, 3.05) is 6.54 Å². The first-order valence-electron chi connectivity index (χ1n) is 13.1. The molecule has 0 heterocycles. The van der Waals surface area contributed by atoms with Gasteiger partial charge in [0.15, 0.2) is 12.2 Å². The van der Waals surface area contributed by atoms with Gasteiger partial charge in [-0.05, 0) is 105 Å². The number of carbonyl (C=O) groups excluding carboxylic acids is 2. The highest BCUT2D eigenvalue weighted by Gasteiger charge is 2.42. The topological polar surface area (TPSA) is 76.7 Å². The molecule has 2 aromatic carbocycles. The van der Waals surface area contributed by atoms with Crippen molar-refractivity contribution in [1.82, 2.24) is 10.6 Å². The first kappa shape index (κ1) is 30.1. The fourth-order valence-electron chi connectivity index (χ4n) is 5.61. The van der Waals surface area contributed by atoms with Gasteiger partial charge in [-0.2, -0.15) is 0 Å². The summed E-state index contributed by atoms with van der Waals surface area (Å²) in [5.74, 6) is 0.937. The molecular weight excluding hydrogens is 523 g/mol. The molecule has 0 saturated heterocycles. The number of halogens is 2. The van der Waals surface area contributed by atoms with Crippen molar-refractivity contribution in [3.05, 3.63) is 57.6 Å². The van der Waals surface area contributed by atoms with Crippen LogP contribution in [0.15, 0.2) is 36.4 Å². The fraction of sp³-hybridized carbons (Fsp3) is 0.533. The van der Waals surface area contributed by atoms with Gasteiger partial charge in [0.1, 0.15) is 11.5 Å². The molecule has 3 rings (SSSR count). The Bertz CT molecular complexity index is 1170. The van der Waals surface area contributed by atoms with E-state index in [1.807, 2.05) is 26.0 Å². The zero-order chi connectivity index (χ0) is 28.3. The number of rotatable bonds is 9. The summed E-state index contributed by atoms with van der Waals surface area (Å²) in [6, 6.07) is 10.6. The number of amides is 2. The normalized spacial score (nSPS) is 22.2. The molecule has 0 bridgehead atoms. The summed E-state index contributed by atoms with van der Waals surface area (Å²) in [5.41, 5.74) is 1.56. The molecule has 8 heteroatoms. The molecule has 0 spiro atoms. The van der Waals surface area contributed by atoms with Crippen LogP contribution in [-0.2, 0) is 9.59 Å². The molecule has 1 fully saturated rings. The van der Waals surface area contributed by atoms with Gasteiger partial charge in [0.05, 0.1) is 0 Å². The van der Waals surface area contributed by atoms with Gasteiger partial charge in [0.2, 0.25) is 0 Å². The van der Waals surface area contributed by atoms with Crippen molar-refractivity contribution in [2.45, 2.75) is 86.0 Å². The molecule has 1 aliphatic rings. The summed E-state index contributed by atoms with van der Waals surface area (Å²) in [5, 5.41) is 7.54. The molecule has 4 atom stereocenters. The van der Waals surface area contributed by atoms with Crippen molar-refractivity contribution >= 4 is 35.0 Å². The maximum Gasteiger partial charge on any atom is 0.260 e. The number of aryl methyl sites for hydroxylation is 2. The van der Waals surface area contributed by atoms with E-state index in [1.54, 1.807) is 38.1 Å². The Morgan fingerprint density at radius 3 is 1.89 bits per heavy atom. The van der Waals surface area contributed by atoms with Crippen LogP contribution >= 0.6 is 23.2 Å². The maximum absolute atomic E-state index is 13.0. The van der Waals surface area contributed by atoms with Gasteiger partial charge in [-0.3, -0.25) is 9.59 Å². The van der Waals surface area contributed by atoms with Crippen molar-refractivity contribution in [3.63, 3.8) is 0 Å². The zero-order valence-electron chi connectivity index (χ0n) is 23.4. The molecular formula is C30H40Cl2N2O4. The first-order valence-corrected chi connectivity index (χ1v) is 13.9. The predicted octanol–water partition coefficient (Wildman–Crippen LogP) is 6.66. The molecule has 208 valence electrons. The minimum Gasteiger partial charge on any atom is -0.481 e. The van der Waals surface area contributed by atoms with E-state index in [2.05, 4.69) is 31.4 Å². The van der Waals surface area contributed by atoms with Gasteiger partial charge in [-0.1, -0.05) is 44.0 Å². The molecule has 1 aliphatic carbocycles. The van der Waals surface area contributed by atoms with E-state index in [9.17, 15) is 9.59 Å². The highest BCUT2D eigenvalue weighted by atomic mass is 35.5. The first-order chi connectivity index (χ1) is 17.7. The predicted molar refractivity (Wildman–Crippen MR) is 153 cm³/mol. The molecule has 2 amide bonds. The van der Waals surface area contributed by atoms with Gasteiger partial charge in [-0.15, -0.1) is 0 Å². The molecule has 0 radical (unpaired) electrons. The van der Waals surface area contributed by atoms with Gasteiger partial charge >= 0.3 is 0 Å². The third kappa shape index (κ3) is 8.28. The van der Waals surface area contributed by atoms with Gasteiger partial charge in [0, 0.05) is 22.6 Å². The quantitative estimate of drug-likeness (QED) is 0.358. The van der Waals surface area contributed by atoms with Crippen molar-refractivity contribution in [2.24, 2.45) is 10.8 Å². The van der Waals surface area contributed by atoms with Crippen molar-refractivity contribution < 1.29 is 19.1 Å². The summed E-state index contributed by atoms with van der Waals surface area (Å²) in [6.45, 7) is 14.4. The van der Waals surface area contributed by atoms with E-state index in [1.165, 1.54) is 0 Å². The highest BCUT2D eigenvalue weighted by Crippen LogP contribution is 2.45. The van der Waals surface area contributed by atoms with Crippen molar-refractivity contribution in [1.29, 1.82) is 0 Å². The number of nitrogens with one attached hydrogen (secondary N) is 2. The molecule has 6 nitrogen and oxygen atoms in total. The second-order valence-corrected chi connectivity index (χ2v) is 12.7. The number of benzene rings is 2. The summed E-state index contributed by atoms with van der Waals surface area (Å²) in [6.07, 6.45) is 1.22. The Balaban J connectivity index is 1.58. The Morgan fingerprint density at radius 1 is 0.895 bits per heavy atom. The third-order valence-corrected chi connectivity index (χ3v) is 7.57. The van der Waals surface area contributed by atoms with Gasteiger partial charge in [0.25, 0.3) is 11.8 Å². The van der Waals surface area contributed by atoms with Crippen LogP contribution in [0.3, 0.4) is 0 Å². The van der Waals surface area contributed by atoms with Crippen LogP contribution in [0.1, 0.15) is 65.0 Å².